The Morgan fingerprint density at radius 2 is 1.94 bits per heavy atom. The summed E-state index contributed by atoms with van der Waals surface area (Å²) in [4.78, 5) is 11.8. The third-order valence-corrected chi connectivity index (χ3v) is 3.87. The van der Waals surface area contributed by atoms with Crippen LogP contribution in [0.15, 0.2) is 0 Å². The van der Waals surface area contributed by atoms with Crippen molar-refractivity contribution in [2.45, 2.75) is 83.2 Å². The molecule has 0 aromatic carbocycles. The number of carbonyl (C=O) groups excluding carboxylic acids is 1. The molecule has 0 heterocycles. The first-order valence-electron chi connectivity index (χ1n) is 7.61. The summed E-state index contributed by atoms with van der Waals surface area (Å²) in [6.07, 6.45) is 12.1. The second-order valence-corrected chi connectivity index (χ2v) is 5.43. The van der Waals surface area contributed by atoms with Crippen molar-refractivity contribution in [3.8, 4) is 0 Å². The molecule has 1 rings (SSSR count). The van der Waals surface area contributed by atoms with E-state index in [1.165, 1.54) is 58.5 Å². The van der Waals surface area contributed by atoms with Crippen LogP contribution in [0.25, 0.3) is 0 Å². The van der Waals surface area contributed by atoms with E-state index in [0.717, 1.165) is 12.8 Å². The summed E-state index contributed by atoms with van der Waals surface area (Å²) in [6.45, 7) is 2.21. The van der Waals surface area contributed by atoms with Crippen LogP contribution < -0.4 is 5.32 Å². The number of esters is 1. The molecule has 0 saturated heterocycles. The molecule has 1 atom stereocenters. The zero-order valence-electron chi connectivity index (χ0n) is 12.0. The van der Waals surface area contributed by atoms with Gasteiger partial charge in [-0.3, -0.25) is 4.79 Å². The molecular formula is C15H29NO2. The van der Waals surface area contributed by atoms with Crippen LogP contribution >= 0.6 is 0 Å². The van der Waals surface area contributed by atoms with E-state index in [1.54, 1.807) is 0 Å². The lowest BCUT2D eigenvalue weighted by Crippen LogP contribution is -2.44. The molecule has 106 valence electrons. The molecule has 0 amide bonds. The van der Waals surface area contributed by atoms with Crippen LogP contribution in [0.3, 0.4) is 0 Å². The van der Waals surface area contributed by atoms with E-state index in [-0.39, 0.29) is 12.0 Å². The minimum atomic E-state index is -0.0880. The van der Waals surface area contributed by atoms with E-state index < -0.39 is 0 Å². The number of rotatable bonds is 8. The quantitative estimate of drug-likeness (QED) is 0.533. The predicted molar refractivity (Wildman–Crippen MR) is 74.6 cm³/mol. The predicted octanol–water partition coefficient (Wildman–Crippen LogP) is 3.42. The minimum Gasteiger partial charge on any atom is -0.468 e. The third-order valence-electron chi connectivity index (χ3n) is 3.87. The van der Waals surface area contributed by atoms with Crippen LogP contribution in [0.1, 0.15) is 71.1 Å². The zero-order valence-corrected chi connectivity index (χ0v) is 12.0. The summed E-state index contributed by atoms with van der Waals surface area (Å²) in [5, 5.41) is 3.51. The van der Waals surface area contributed by atoms with Crippen LogP contribution in [0, 0.1) is 0 Å². The van der Waals surface area contributed by atoms with Gasteiger partial charge < -0.3 is 10.1 Å². The second kappa shape index (κ2) is 9.37. The smallest absolute Gasteiger partial charge is 0.322 e. The van der Waals surface area contributed by atoms with Gasteiger partial charge in [-0.25, -0.2) is 0 Å². The molecule has 0 aromatic heterocycles. The monoisotopic (exact) mass is 255 g/mol. The van der Waals surface area contributed by atoms with Gasteiger partial charge in [-0.2, -0.15) is 0 Å². The van der Waals surface area contributed by atoms with Gasteiger partial charge in [0.25, 0.3) is 0 Å². The number of methoxy groups -OCH3 is 1. The topological polar surface area (TPSA) is 38.3 Å². The Morgan fingerprint density at radius 3 is 2.56 bits per heavy atom. The van der Waals surface area contributed by atoms with Crippen LogP contribution in [-0.2, 0) is 9.53 Å². The average Bonchev–Trinajstić information content (AvgIpc) is 2.42. The van der Waals surface area contributed by atoms with Crippen molar-refractivity contribution in [2.75, 3.05) is 7.11 Å². The summed E-state index contributed by atoms with van der Waals surface area (Å²) >= 11 is 0. The molecule has 1 aliphatic carbocycles. The molecule has 0 bridgehead atoms. The van der Waals surface area contributed by atoms with Crippen molar-refractivity contribution in [3.63, 3.8) is 0 Å². The van der Waals surface area contributed by atoms with Crippen LogP contribution in [-0.4, -0.2) is 25.2 Å². The highest BCUT2D eigenvalue weighted by molar-refractivity contribution is 5.75. The highest BCUT2D eigenvalue weighted by Gasteiger charge is 2.23. The average molecular weight is 255 g/mol. The van der Waals surface area contributed by atoms with E-state index in [1.807, 2.05) is 0 Å². The van der Waals surface area contributed by atoms with E-state index in [2.05, 4.69) is 12.2 Å². The zero-order chi connectivity index (χ0) is 13.2. The molecule has 3 nitrogen and oxygen atoms in total. The van der Waals surface area contributed by atoms with Crippen LogP contribution in [0.4, 0.5) is 0 Å². The first kappa shape index (κ1) is 15.5. The van der Waals surface area contributed by atoms with E-state index in [0.29, 0.717) is 6.04 Å². The molecule has 1 N–H and O–H groups in total. The number of nitrogens with one attached hydrogen (secondary N) is 1. The van der Waals surface area contributed by atoms with Gasteiger partial charge in [-0.05, 0) is 19.3 Å². The maximum atomic E-state index is 11.8. The van der Waals surface area contributed by atoms with Crippen molar-refractivity contribution in [1.82, 2.24) is 5.32 Å². The van der Waals surface area contributed by atoms with Crippen molar-refractivity contribution >= 4 is 5.97 Å². The van der Waals surface area contributed by atoms with Gasteiger partial charge in [0, 0.05) is 6.04 Å². The molecular weight excluding hydrogens is 226 g/mol. The van der Waals surface area contributed by atoms with E-state index in [4.69, 9.17) is 4.74 Å². The summed E-state index contributed by atoms with van der Waals surface area (Å²) < 4.78 is 4.91. The molecule has 0 aromatic rings. The van der Waals surface area contributed by atoms with Gasteiger partial charge in [-0.15, -0.1) is 0 Å². The van der Waals surface area contributed by atoms with Crippen molar-refractivity contribution in [3.05, 3.63) is 0 Å². The van der Waals surface area contributed by atoms with Crippen molar-refractivity contribution < 1.29 is 9.53 Å². The first-order chi connectivity index (χ1) is 8.77. The molecule has 1 unspecified atom stereocenters. The number of hydrogen-bond acceptors (Lipinski definition) is 3. The number of hydrogen-bond donors (Lipinski definition) is 1. The number of ether oxygens (including phenoxy) is 1. The van der Waals surface area contributed by atoms with Crippen molar-refractivity contribution in [2.24, 2.45) is 0 Å². The van der Waals surface area contributed by atoms with Crippen molar-refractivity contribution in [1.29, 1.82) is 0 Å². The molecule has 1 fully saturated rings. The van der Waals surface area contributed by atoms with Gasteiger partial charge in [0.15, 0.2) is 0 Å². The minimum absolute atomic E-state index is 0.0860. The highest BCUT2D eigenvalue weighted by Crippen LogP contribution is 2.19. The molecule has 0 spiro atoms. The summed E-state index contributed by atoms with van der Waals surface area (Å²) in [6, 6.07) is 0.434. The number of unbranched alkanes of at least 4 members (excludes halogenated alkanes) is 3. The molecule has 0 aliphatic heterocycles. The Balaban J connectivity index is 2.31. The molecule has 1 aliphatic rings. The first-order valence-corrected chi connectivity index (χ1v) is 7.61. The fourth-order valence-electron chi connectivity index (χ4n) is 2.74. The van der Waals surface area contributed by atoms with Gasteiger partial charge in [0.05, 0.1) is 7.11 Å². The number of carbonyl (C=O) groups is 1. The third kappa shape index (κ3) is 5.85. The van der Waals surface area contributed by atoms with E-state index in [9.17, 15) is 4.79 Å². The van der Waals surface area contributed by atoms with Gasteiger partial charge in [0.2, 0.25) is 0 Å². The molecule has 0 radical (unpaired) electrons. The fraction of sp³-hybridized carbons (Fsp3) is 0.933. The normalized spacial score (nSPS) is 18.6. The van der Waals surface area contributed by atoms with Gasteiger partial charge in [0.1, 0.15) is 6.04 Å². The molecule has 18 heavy (non-hydrogen) atoms. The Hall–Kier alpha value is -0.570. The van der Waals surface area contributed by atoms with Crippen LogP contribution in [0.2, 0.25) is 0 Å². The maximum Gasteiger partial charge on any atom is 0.322 e. The molecule has 3 heteroatoms. The lowest BCUT2D eigenvalue weighted by atomic mass is 9.94. The summed E-state index contributed by atoms with van der Waals surface area (Å²) in [5.41, 5.74) is 0. The second-order valence-electron chi connectivity index (χ2n) is 5.43. The Morgan fingerprint density at radius 1 is 1.22 bits per heavy atom. The lowest BCUT2D eigenvalue weighted by molar-refractivity contribution is -0.143. The van der Waals surface area contributed by atoms with Gasteiger partial charge in [-0.1, -0.05) is 51.9 Å². The maximum absolute atomic E-state index is 11.8. The largest absolute Gasteiger partial charge is 0.468 e. The lowest BCUT2D eigenvalue weighted by Gasteiger charge is -2.27. The Kier molecular flexibility index (Phi) is 8.06. The van der Waals surface area contributed by atoms with Crippen LogP contribution in [0.5, 0.6) is 0 Å². The standard InChI is InChI=1S/C15H29NO2/c1-3-4-5-9-12-14(15(17)18-2)16-13-10-7-6-8-11-13/h13-14,16H,3-12H2,1-2H3. The highest BCUT2D eigenvalue weighted by atomic mass is 16.5. The van der Waals surface area contributed by atoms with E-state index >= 15 is 0 Å². The molecule has 1 saturated carbocycles. The summed E-state index contributed by atoms with van der Waals surface area (Å²) in [5.74, 6) is -0.0860. The SMILES string of the molecule is CCCCCCC(NC1CCCCC1)C(=O)OC. The Bertz CT molecular complexity index is 225. The fourth-order valence-corrected chi connectivity index (χ4v) is 2.74. The Labute approximate surface area is 112 Å². The summed E-state index contributed by atoms with van der Waals surface area (Å²) in [7, 11) is 1.49. The van der Waals surface area contributed by atoms with Gasteiger partial charge >= 0.3 is 5.97 Å².